The molecule has 0 bridgehead atoms. The number of rotatable bonds is 1. The summed E-state index contributed by atoms with van der Waals surface area (Å²) in [6.45, 7) is 0.554. The molecule has 0 aliphatic carbocycles. The van der Waals surface area contributed by atoms with Gasteiger partial charge in [-0.3, -0.25) is 0 Å². The number of hydrogen-bond donors (Lipinski definition) is 3. The summed E-state index contributed by atoms with van der Waals surface area (Å²) in [6, 6.07) is 4.07. The van der Waals surface area contributed by atoms with E-state index in [1.807, 2.05) is 0 Å². The molecule has 2 aromatic heterocycles. The fourth-order valence-corrected chi connectivity index (χ4v) is 5.02. The number of aromatic nitrogens is 3. The molecule has 6 rings (SSSR count). The van der Waals surface area contributed by atoms with Gasteiger partial charge in [-0.1, -0.05) is 12.0 Å². The van der Waals surface area contributed by atoms with E-state index in [2.05, 4.69) is 20.9 Å². The van der Waals surface area contributed by atoms with Crippen molar-refractivity contribution in [1.82, 2.24) is 15.0 Å². The van der Waals surface area contributed by atoms with Crippen LogP contribution in [0.4, 0.5) is 14.6 Å². The fourth-order valence-electron chi connectivity index (χ4n) is 5.02. The zero-order chi connectivity index (χ0) is 24.4. The number of benzene rings is 2. The van der Waals surface area contributed by atoms with Gasteiger partial charge in [0.1, 0.15) is 40.6 Å². The Morgan fingerprint density at radius 2 is 1.94 bits per heavy atom. The minimum Gasteiger partial charge on any atom is -0.508 e. The molecule has 4 heterocycles. The van der Waals surface area contributed by atoms with Crippen LogP contribution in [0.5, 0.6) is 17.6 Å². The predicted octanol–water partition coefficient (Wildman–Crippen LogP) is 3.24. The monoisotopic (exact) mass is 476 g/mol. The molecule has 2 aliphatic rings. The van der Waals surface area contributed by atoms with Gasteiger partial charge in [0.05, 0.1) is 17.7 Å². The number of phenols is 1. The Labute approximate surface area is 197 Å². The summed E-state index contributed by atoms with van der Waals surface area (Å²) in [4.78, 5) is 14.2. The maximum Gasteiger partial charge on any atom is 0.316 e. The highest BCUT2D eigenvalue weighted by atomic mass is 19.1. The normalized spacial score (nSPS) is 19.2. The molecule has 4 aromatic rings. The Balaban J connectivity index is 1.70. The molecule has 1 fully saturated rings. The SMILES string of the molecule is C#Cc1c(F)ccc2cc(O)cc(-c3nc4c5c(nc(O)nc5c3F)N3CCC[C@@H](O)[C@H]3CO4)c12. The van der Waals surface area contributed by atoms with Gasteiger partial charge in [0.15, 0.2) is 5.82 Å². The van der Waals surface area contributed by atoms with Crippen molar-refractivity contribution in [2.24, 2.45) is 0 Å². The molecule has 0 radical (unpaired) electrons. The van der Waals surface area contributed by atoms with Crippen LogP contribution in [0.3, 0.4) is 0 Å². The van der Waals surface area contributed by atoms with Gasteiger partial charge < -0.3 is 25.0 Å². The van der Waals surface area contributed by atoms with E-state index in [0.29, 0.717) is 24.8 Å². The molecule has 0 spiro atoms. The lowest BCUT2D eigenvalue weighted by Crippen LogP contribution is -2.51. The Bertz CT molecular complexity index is 1590. The van der Waals surface area contributed by atoms with Gasteiger partial charge in [0, 0.05) is 17.5 Å². The van der Waals surface area contributed by atoms with Gasteiger partial charge in [-0.15, -0.1) is 6.42 Å². The van der Waals surface area contributed by atoms with Gasteiger partial charge in [-0.2, -0.15) is 9.97 Å². The summed E-state index contributed by atoms with van der Waals surface area (Å²) in [7, 11) is 0. The molecule has 8 nitrogen and oxygen atoms in total. The number of hydrogen-bond acceptors (Lipinski definition) is 8. The van der Waals surface area contributed by atoms with Crippen molar-refractivity contribution in [3.05, 3.63) is 41.5 Å². The molecule has 176 valence electrons. The van der Waals surface area contributed by atoms with Crippen LogP contribution in [0.2, 0.25) is 0 Å². The first-order valence-corrected chi connectivity index (χ1v) is 11.0. The summed E-state index contributed by atoms with van der Waals surface area (Å²) in [5.74, 6) is 0.668. The lowest BCUT2D eigenvalue weighted by Gasteiger charge is -2.38. The average molecular weight is 476 g/mol. The van der Waals surface area contributed by atoms with Gasteiger partial charge in [0.2, 0.25) is 5.88 Å². The Morgan fingerprint density at radius 1 is 1.11 bits per heavy atom. The Morgan fingerprint density at radius 3 is 2.74 bits per heavy atom. The number of anilines is 1. The number of aromatic hydroxyl groups is 2. The van der Waals surface area contributed by atoms with Crippen molar-refractivity contribution in [1.29, 1.82) is 0 Å². The van der Waals surface area contributed by atoms with Crippen molar-refractivity contribution in [2.75, 3.05) is 18.1 Å². The highest BCUT2D eigenvalue weighted by Crippen LogP contribution is 2.43. The number of aliphatic hydroxyl groups excluding tert-OH is 1. The summed E-state index contributed by atoms with van der Waals surface area (Å²) in [6.07, 6.45) is 6.07. The molecule has 0 saturated carbocycles. The van der Waals surface area contributed by atoms with Gasteiger partial charge in [-0.25, -0.2) is 13.8 Å². The third kappa shape index (κ3) is 3.12. The topological polar surface area (TPSA) is 112 Å². The lowest BCUT2D eigenvalue weighted by atomic mass is 9.95. The van der Waals surface area contributed by atoms with Crippen LogP contribution in [0.25, 0.3) is 32.9 Å². The summed E-state index contributed by atoms with van der Waals surface area (Å²) in [5, 5.41) is 31.9. The maximum atomic E-state index is 16.1. The van der Waals surface area contributed by atoms with Crippen LogP contribution in [0.1, 0.15) is 18.4 Å². The molecule has 0 amide bonds. The minimum atomic E-state index is -0.929. The van der Waals surface area contributed by atoms with Gasteiger partial charge in [-0.05, 0) is 36.4 Å². The second-order valence-corrected chi connectivity index (χ2v) is 8.59. The first kappa shape index (κ1) is 21.3. The average Bonchev–Trinajstić information content (AvgIpc) is 2.99. The zero-order valence-corrected chi connectivity index (χ0v) is 18.2. The van der Waals surface area contributed by atoms with Crippen molar-refractivity contribution < 1.29 is 28.8 Å². The number of piperidine rings is 1. The first-order valence-electron chi connectivity index (χ1n) is 11.0. The summed E-state index contributed by atoms with van der Waals surface area (Å²) in [5.41, 5.74) is -0.631. The summed E-state index contributed by atoms with van der Waals surface area (Å²) >= 11 is 0. The number of fused-ring (bicyclic) bond motifs is 3. The van der Waals surface area contributed by atoms with Crippen molar-refractivity contribution >= 4 is 27.5 Å². The van der Waals surface area contributed by atoms with Crippen LogP contribution in [0, 0.1) is 24.0 Å². The third-order valence-electron chi connectivity index (χ3n) is 6.58. The number of terminal acetylenes is 1. The summed E-state index contributed by atoms with van der Waals surface area (Å²) < 4.78 is 36.6. The number of ether oxygens (including phenoxy) is 1. The van der Waals surface area contributed by atoms with E-state index in [9.17, 15) is 19.7 Å². The molecule has 2 aliphatic heterocycles. The molecule has 3 N–H and O–H groups in total. The number of nitrogens with zero attached hydrogens (tertiary/aromatic N) is 4. The second kappa shape index (κ2) is 7.65. The van der Waals surface area contributed by atoms with E-state index in [1.54, 1.807) is 4.90 Å². The Kier molecular flexibility index (Phi) is 4.66. The third-order valence-corrected chi connectivity index (χ3v) is 6.58. The smallest absolute Gasteiger partial charge is 0.316 e. The number of phenolic OH excluding ortho intramolecular Hbond substituents is 1. The zero-order valence-electron chi connectivity index (χ0n) is 18.2. The molecule has 1 saturated heterocycles. The minimum absolute atomic E-state index is 0.0110. The highest BCUT2D eigenvalue weighted by molar-refractivity contribution is 6.04. The van der Waals surface area contributed by atoms with E-state index in [1.165, 1.54) is 24.3 Å². The molecular formula is C25H18F2N4O4. The molecule has 35 heavy (non-hydrogen) atoms. The van der Waals surface area contributed by atoms with Crippen molar-refractivity contribution in [2.45, 2.75) is 25.0 Å². The molecular weight excluding hydrogens is 458 g/mol. The lowest BCUT2D eigenvalue weighted by molar-refractivity contribution is 0.0877. The molecule has 2 atom stereocenters. The fraction of sp³-hybridized carbons (Fsp3) is 0.240. The molecule has 2 aromatic carbocycles. The van der Waals surface area contributed by atoms with Crippen LogP contribution >= 0.6 is 0 Å². The van der Waals surface area contributed by atoms with E-state index in [-0.39, 0.29) is 57.2 Å². The maximum absolute atomic E-state index is 16.1. The van der Waals surface area contributed by atoms with Crippen LogP contribution in [-0.2, 0) is 0 Å². The van der Waals surface area contributed by atoms with E-state index in [4.69, 9.17) is 11.2 Å². The quantitative estimate of drug-likeness (QED) is 0.359. The van der Waals surface area contributed by atoms with Crippen LogP contribution in [-0.4, -0.2) is 55.6 Å². The second-order valence-electron chi connectivity index (χ2n) is 8.59. The number of aliphatic hydroxyl groups is 1. The van der Waals surface area contributed by atoms with Gasteiger partial charge >= 0.3 is 6.01 Å². The Hall–Kier alpha value is -4.23. The van der Waals surface area contributed by atoms with Gasteiger partial charge in [0.25, 0.3) is 0 Å². The highest BCUT2D eigenvalue weighted by Gasteiger charge is 2.37. The van der Waals surface area contributed by atoms with E-state index < -0.39 is 29.8 Å². The van der Waals surface area contributed by atoms with Crippen molar-refractivity contribution in [3.63, 3.8) is 0 Å². The van der Waals surface area contributed by atoms with Crippen LogP contribution < -0.4 is 9.64 Å². The number of halogens is 2. The predicted molar refractivity (Wildman–Crippen MR) is 123 cm³/mol. The van der Waals surface area contributed by atoms with Crippen molar-refractivity contribution in [3.8, 4) is 41.2 Å². The molecule has 10 heteroatoms. The van der Waals surface area contributed by atoms with E-state index in [0.717, 1.165) is 0 Å². The number of pyridine rings is 1. The largest absolute Gasteiger partial charge is 0.508 e. The molecule has 0 unspecified atom stereocenters. The van der Waals surface area contributed by atoms with E-state index >= 15 is 4.39 Å². The van der Waals surface area contributed by atoms with Crippen LogP contribution in [0.15, 0.2) is 24.3 Å². The first-order chi connectivity index (χ1) is 16.9. The standard InChI is InChI=1S/C25H18F2N4O4/c1-2-13-15(26)6-5-11-8-12(32)9-14(18(11)13)21-20(27)22-19-23(30-25(34)29-22)31-7-3-4-17(33)16(31)10-35-24(19)28-21/h1,5-6,8-9,16-17,32-33H,3-4,7,10H2,(H,29,30,34)/t16-,17-/m1/s1.